The van der Waals surface area contributed by atoms with Crippen LogP contribution in [0.3, 0.4) is 0 Å². The number of carboxylic acid groups (broad SMARTS) is 1. The van der Waals surface area contributed by atoms with Crippen LogP contribution < -0.4 is 10.6 Å². The average Bonchev–Trinajstić information content (AvgIpc) is 3.09. The van der Waals surface area contributed by atoms with Gasteiger partial charge >= 0.3 is 5.97 Å². The van der Waals surface area contributed by atoms with Crippen molar-refractivity contribution in [3.8, 4) is 0 Å². The van der Waals surface area contributed by atoms with Crippen molar-refractivity contribution in [1.82, 2.24) is 15.5 Å². The first-order valence-electron chi connectivity index (χ1n) is 9.80. The zero-order valence-corrected chi connectivity index (χ0v) is 16.7. The predicted octanol–water partition coefficient (Wildman–Crippen LogP) is 1.33. The maximum absolute atomic E-state index is 12.8. The summed E-state index contributed by atoms with van der Waals surface area (Å²) in [6.45, 7) is 5.15. The molecule has 0 fully saturated rings. The van der Waals surface area contributed by atoms with Gasteiger partial charge in [0.25, 0.3) is 0 Å². The predicted molar refractivity (Wildman–Crippen MR) is 103 cm³/mol. The number of carboxylic acids is 1. The normalized spacial score (nSPS) is 20.4. The number of nitrogens with zero attached hydrogens (tertiary/aromatic N) is 1. The molecule has 0 radical (unpaired) electrons. The van der Waals surface area contributed by atoms with Crippen LogP contribution in [-0.4, -0.2) is 52.3 Å². The number of rotatable bonds is 8. The fraction of sp³-hybridized carbons (Fsp3) is 0.600. The van der Waals surface area contributed by atoms with Crippen molar-refractivity contribution in [1.29, 1.82) is 0 Å². The molecule has 1 aliphatic heterocycles. The molecule has 1 heterocycles. The highest BCUT2D eigenvalue weighted by atomic mass is 16.4. The maximum Gasteiger partial charge on any atom is 0.327 e. The number of carbonyl (C=O) groups is 4. The highest BCUT2D eigenvalue weighted by molar-refractivity contribution is 5.93. The SMILES string of the molecule is CCC(=O)NC(C(=O)NCC(=O)N1C2=C(CCC=C2)CC1C(=O)O)C(C)CC. The van der Waals surface area contributed by atoms with Gasteiger partial charge in [-0.3, -0.25) is 19.3 Å². The van der Waals surface area contributed by atoms with E-state index in [2.05, 4.69) is 10.6 Å². The van der Waals surface area contributed by atoms with Crippen LogP contribution in [0.1, 0.15) is 52.9 Å². The van der Waals surface area contributed by atoms with E-state index in [9.17, 15) is 24.3 Å². The summed E-state index contributed by atoms with van der Waals surface area (Å²) in [6, 6.07) is -1.68. The number of amides is 3. The molecule has 3 unspecified atom stereocenters. The Morgan fingerprint density at radius 2 is 2.00 bits per heavy atom. The van der Waals surface area contributed by atoms with E-state index in [4.69, 9.17) is 0 Å². The number of allylic oxidation sites excluding steroid dienone is 2. The molecule has 0 aromatic rings. The summed E-state index contributed by atoms with van der Waals surface area (Å²) in [5, 5.41) is 14.8. The number of aliphatic carboxylic acids is 1. The van der Waals surface area contributed by atoms with Crippen molar-refractivity contribution in [2.45, 2.75) is 65.0 Å². The summed E-state index contributed by atoms with van der Waals surface area (Å²) in [5.41, 5.74) is 1.60. The van der Waals surface area contributed by atoms with E-state index in [0.717, 1.165) is 18.4 Å². The fourth-order valence-electron chi connectivity index (χ4n) is 3.49. The third-order valence-electron chi connectivity index (χ3n) is 5.36. The number of hydrogen-bond donors (Lipinski definition) is 3. The van der Waals surface area contributed by atoms with Crippen molar-refractivity contribution in [3.05, 3.63) is 23.4 Å². The van der Waals surface area contributed by atoms with E-state index >= 15 is 0 Å². The van der Waals surface area contributed by atoms with Crippen molar-refractivity contribution in [3.63, 3.8) is 0 Å². The summed E-state index contributed by atoms with van der Waals surface area (Å²) in [5.74, 6) is -2.31. The first-order chi connectivity index (χ1) is 13.3. The molecule has 3 atom stereocenters. The van der Waals surface area contributed by atoms with Crippen LogP contribution in [0.15, 0.2) is 23.4 Å². The third kappa shape index (κ3) is 4.79. The molecule has 8 nitrogen and oxygen atoms in total. The standard InChI is InChI=1S/C20H29N3O5/c1-4-12(3)18(22-16(24)5-2)19(26)21-11-17(25)23-14-9-7-6-8-13(14)10-15(23)20(27)28/h7,9,12,15,18H,4-6,8,10-11H2,1-3H3,(H,21,26)(H,22,24)(H,27,28). The molecular formula is C20H29N3O5. The second-order valence-corrected chi connectivity index (χ2v) is 7.25. The summed E-state index contributed by atoms with van der Waals surface area (Å²) in [4.78, 5) is 49.9. The Kier molecular flexibility index (Phi) is 7.37. The van der Waals surface area contributed by atoms with E-state index < -0.39 is 29.9 Å². The summed E-state index contributed by atoms with van der Waals surface area (Å²) in [7, 11) is 0. The lowest BCUT2D eigenvalue weighted by molar-refractivity contribution is -0.147. The Hall–Kier alpha value is -2.64. The van der Waals surface area contributed by atoms with Crippen LogP contribution in [0.25, 0.3) is 0 Å². The summed E-state index contributed by atoms with van der Waals surface area (Å²) in [6.07, 6.45) is 6.53. The van der Waals surface area contributed by atoms with E-state index in [0.29, 0.717) is 18.5 Å². The van der Waals surface area contributed by atoms with Gasteiger partial charge in [-0.15, -0.1) is 0 Å². The fourth-order valence-corrected chi connectivity index (χ4v) is 3.49. The monoisotopic (exact) mass is 391 g/mol. The largest absolute Gasteiger partial charge is 0.480 e. The van der Waals surface area contributed by atoms with Crippen LogP contribution in [0, 0.1) is 5.92 Å². The maximum atomic E-state index is 12.8. The average molecular weight is 391 g/mol. The Labute approximate surface area is 165 Å². The summed E-state index contributed by atoms with van der Waals surface area (Å²) >= 11 is 0. The van der Waals surface area contributed by atoms with Crippen molar-refractivity contribution < 1.29 is 24.3 Å². The van der Waals surface area contributed by atoms with Gasteiger partial charge in [-0.1, -0.05) is 33.3 Å². The molecule has 2 rings (SSSR count). The van der Waals surface area contributed by atoms with Gasteiger partial charge in [0, 0.05) is 18.5 Å². The Balaban J connectivity index is 2.07. The quantitative estimate of drug-likeness (QED) is 0.577. The van der Waals surface area contributed by atoms with E-state index in [-0.39, 0.29) is 24.8 Å². The molecule has 1 aliphatic carbocycles. The minimum absolute atomic E-state index is 0.0975. The topological polar surface area (TPSA) is 116 Å². The first kappa shape index (κ1) is 21.7. The second kappa shape index (κ2) is 9.52. The molecule has 0 saturated carbocycles. The molecular weight excluding hydrogens is 362 g/mol. The molecule has 0 bridgehead atoms. The molecule has 8 heteroatoms. The summed E-state index contributed by atoms with van der Waals surface area (Å²) < 4.78 is 0. The number of carbonyl (C=O) groups excluding carboxylic acids is 3. The molecule has 3 amide bonds. The van der Waals surface area contributed by atoms with E-state index in [1.807, 2.05) is 19.9 Å². The lowest BCUT2D eigenvalue weighted by Crippen LogP contribution is -2.52. The van der Waals surface area contributed by atoms with Gasteiger partial charge in [-0.05, 0) is 30.4 Å². The van der Waals surface area contributed by atoms with Crippen LogP contribution in [0.4, 0.5) is 0 Å². The molecule has 154 valence electrons. The van der Waals surface area contributed by atoms with Crippen molar-refractivity contribution in [2.24, 2.45) is 5.92 Å². The van der Waals surface area contributed by atoms with Gasteiger partial charge in [0.2, 0.25) is 17.7 Å². The van der Waals surface area contributed by atoms with Crippen molar-refractivity contribution in [2.75, 3.05) is 6.54 Å². The lowest BCUT2D eigenvalue weighted by atomic mass is 9.98. The van der Waals surface area contributed by atoms with Gasteiger partial charge in [0.1, 0.15) is 12.1 Å². The second-order valence-electron chi connectivity index (χ2n) is 7.25. The lowest BCUT2D eigenvalue weighted by Gasteiger charge is -2.26. The minimum Gasteiger partial charge on any atom is -0.480 e. The Bertz CT molecular complexity index is 713. The zero-order valence-electron chi connectivity index (χ0n) is 16.7. The number of nitrogens with one attached hydrogen (secondary N) is 2. The third-order valence-corrected chi connectivity index (χ3v) is 5.36. The molecule has 0 aromatic heterocycles. The van der Waals surface area contributed by atoms with Crippen LogP contribution in [0.2, 0.25) is 0 Å². The van der Waals surface area contributed by atoms with Crippen LogP contribution in [-0.2, 0) is 19.2 Å². The molecule has 0 saturated heterocycles. The van der Waals surface area contributed by atoms with Gasteiger partial charge < -0.3 is 15.7 Å². The van der Waals surface area contributed by atoms with Gasteiger partial charge in [-0.2, -0.15) is 0 Å². The first-order valence-corrected chi connectivity index (χ1v) is 9.80. The van der Waals surface area contributed by atoms with Gasteiger partial charge in [-0.25, -0.2) is 4.79 Å². The molecule has 2 aliphatic rings. The van der Waals surface area contributed by atoms with Crippen molar-refractivity contribution >= 4 is 23.7 Å². The van der Waals surface area contributed by atoms with Crippen LogP contribution >= 0.6 is 0 Å². The Morgan fingerprint density at radius 3 is 2.61 bits per heavy atom. The Morgan fingerprint density at radius 1 is 1.29 bits per heavy atom. The molecule has 0 aromatic carbocycles. The minimum atomic E-state index is -1.06. The number of hydrogen-bond acceptors (Lipinski definition) is 4. The van der Waals surface area contributed by atoms with E-state index in [1.165, 1.54) is 4.90 Å². The smallest absolute Gasteiger partial charge is 0.327 e. The van der Waals surface area contributed by atoms with E-state index in [1.54, 1.807) is 13.0 Å². The highest BCUT2D eigenvalue weighted by Gasteiger charge is 2.39. The molecule has 28 heavy (non-hydrogen) atoms. The highest BCUT2D eigenvalue weighted by Crippen LogP contribution is 2.35. The van der Waals surface area contributed by atoms with Gasteiger partial charge in [0.15, 0.2) is 0 Å². The zero-order chi connectivity index (χ0) is 20.8. The van der Waals surface area contributed by atoms with Gasteiger partial charge in [0.05, 0.1) is 6.54 Å². The molecule has 3 N–H and O–H groups in total. The van der Waals surface area contributed by atoms with Crippen LogP contribution in [0.5, 0.6) is 0 Å². The molecule has 0 spiro atoms.